The summed E-state index contributed by atoms with van der Waals surface area (Å²) in [4.78, 5) is 8.45. The Morgan fingerprint density at radius 2 is 2.29 bits per heavy atom. The number of nitrogens with one attached hydrogen (secondary N) is 2. The van der Waals surface area contributed by atoms with Crippen molar-refractivity contribution in [3.05, 3.63) is 29.8 Å². The van der Waals surface area contributed by atoms with Crippen LogP contribution in [0, 0.1) is 6.92 Å². The second-order valence-electron chi connectivity index (χ2n) is 3.51. The van der Waals surface area contributed by atoms with E-state index in [0.717, 1.165) is 11.5 Å². The van der Waals surface area contributed by atoms with Crippen LogP contribution in [0.5, 0.6) is 5.88 Å². The summed E-state index contributed by atoms with van der Waals surface area (Å²) in [6, 6.07) is 3.69. The summed E-state index contributed by atoms with van der Waals surface area (Å²) in [7, 11) is 0. The first-order chi connectivity index (χ1) is 8.28. The lowest BCUT2D eigenvalue weighted by molar-refractivity contribution is 0.325. The molecule has 90 valence electrons. The van der Waals surface area contributed by atoms with Crippen molar-refractivity contribution in [3.8, 4) is 5.88 Å². The molecular formula is C11H15N5O. The minimum atomic E-state index is 0.590. The van der Waals surface area contributed by atoms with Crippen LogP contribution in [0.1, 0.15) is 18.4 Å². The monoisotopic (exact) mass is 233 g/mol. The van der Waals surface area contributed by atoms with Gasteiger partial charge in [0.1, 0.15) is 11.6 Å². The molecule has 2 N–H and O–H groups in total. The zero-order chi connectivity index (χ0) is 12.1. The molecule has 2 aromatic rings. The summed E-state index contributed by atoms with van der Waals surface area (Å²) in [5.74, 6) is 2.02. The van der Waals surface area contributed by atoms with Gasteiger partial charge >= 0.3 is 0 Å². The van der Waals surface area contributed by atoms with E-state index in [-0.39, 0.29) is 0 Å². The Balaban J connectivity index is 2.04. The zero-order valence-corrected chi connectivity index (χ0v) is 9.90. The van der Waals surface area contributed by atoms with Gasteiger partial charge < -0.3 is 10.1 Å². The number of anilines is 1. The van der Waals surface area contributed by atoms with Gasteiger partial charge in [-0.25, -0.2) is 4.98 Å². The normalized spacial score (nSPS) is 10.2. The van der Waals surface area contributed by atoms with Gasteiger partial charge in [0.2, 0.25) is 5.88 Å². The molecule has 0 spiro atoms. The van der Waals surface area contributed by atoms with Crippen molar-refractivity contribution in [2.24, 2.45) is 0 Å². The number of hydrogen-bond acceptors (Lipinski definition) is 5. The standard InChI is InChI=1S/C11H15N5O/c1-3-17-11-6-10(14-8(2)15-11)12-7-9-4-5-13-16-9/h4-6H,3,7H2,1-2H3,(H,13,16)(H,12,14,15). The molecule has 0 radical (unpaired) electrons. The molecule has 0 aliphatic rings. The van der Waals surface area contributed by atoms with Crippen molar-refractivity contribution in [1.82, 2.24) is 20.2 Å². The maximum Gasteiger partial charge on any atom is 0.218 e. The van der Waals surface area contributed by atoms with Crippen LogP contribution < -0.4 is 10.1 Å². The van der Waals surface area contributed by atoms with Crippen LogP contribution in [0.25, 0.3) is 0 Å². The summed E-state index contributed by atoms with van der Waals surface area (Å²) >= 11 is 0. The van der Waals surface area contributed by atoms with Gasteiger partial charge in [0.25, 0.3) is 0 Å². The molecule has 0 saturated heterocycles. The minimum Gasteiger partial charge on any atom is -0.478 e. The van der Waals surface area contributed by atoms with Crippen molar-refractivity contribution in [3.63, 3.8) is 0 Å². The maximum atomic E-state index is 5.35. The first-order valence-corrected chi connectivity index (χ1v) is 5.48. The summed E-state index contributed by atoms with van der Waals surface area (Å²) in [6.07, 6.45) is 1.72. The Bertz CT molecular complexity index is 469. The van der Waals surface area contributed by atoms with E-state index in [9.17, 15) is 0 Å². The average Bonchev–Trinajstić information content (AvgIpc) is 2.79. The molecule has 6 nitrogen and oxygen atoms in total. The number of H-pyrrole nitrogens is 1. The quantitative estimate of drug-likeness (QED) is 0.818. The van der Waals surface area contributed by atoms with Gasteiger partial charge in [-0.15, -0.1) is 0 Å². The first-order valence-electron chi connectivity index (χ1n) is 5.48. The van der Waals surface area contributed by atoms with Crippen LogP contribution in [0.3, 0.4) is 0 Å². The van der Waals surface area contributed by atoms with Crippen molar-refractivity contribution < 1.29 is 4.74 Å². The lowest BCUT2D eigenvalue weighted by Crippen LogP contribution is -2.05. The lowest BCUT2D eigenvalue weighted by atomic mass is 10.4. The molecule has 0 amide bonds. The summed E-state index contributed by atoms with van der Waals surface area (Å²) in [6.45, 7) is 5.00. The van der Waals surface area contributed by atoms with Crippen LogP contribution >= 0.6 is 0 Å². The first kappa shape index (κ1) is 11.4. The Morgan fingerprint density at radius 1 is 1.41 bits per heavy atom. The van der Waals surface area contributed by atoms with Crippen LogP contribution in [0.15, 0.2) is 18.3 Å². The molecule has 0 bridgehead atoms. The molecule has 0 fully saturated rings. The molecular weight excluding hydrogens is 218 g/mol. The highest BCUT2D eigenvalue weighted by Crippen LogP contribution is 2.13. The molecule has 0 unspecified atom stereocenters. The van der Waals surface area contributed by atoms with Crippen molar-refractivity contribution >= 4 is 5.82 Å². The molecule has 2 rings (SSSR count). The fourth-order valence-corrected chi connectivity index (χ4v) is 1.42. The highest BCUT2D eigenvalue weighted by atomic mass is 16.5. The summed E-state index contributed by atoms with van der Waals surface area (Å²) in [5.41, 5.74) is 0.999. The maximum absolute atomic E-state index is 5.35. The van der Waals surface area contributed by atoms with E-state index in [1.165, 1.54) is 0 Å². The van der Waals surface area contributed by atoms with E-state index in [1.807, 2.05) is 19.9 Å². The molecule has 0 aliphatic heterocycles. The van der Waals surface area contributed by atoms with E-state index in [0.29, 0.717) is 24.9 Å². The van der Waals surface area contributed by atoms with Gasteiger partial charge in [0.05, 0.1) is 18.8 Å². The van der Waals surface area contributed by atoms with Crippen LogP contribution in [-0.4, -0.2) is 26.8 Å². The van der Waals surface area contributed by atoms with E-state index >= 15 is 0 Å². The predicted octanol–water partition coefficient (Wildman–Crippen LogP) is 1.52. The smallest absolute Gasteiger partial charge is 0.218 e. The number of aromatic amines is 1. The van der Waals surface area contributed by atoms with Gasteiger partial charge in [-0.3, -0.25) is 5.10 Å². The minimum absolute atomic E-state index is 0.590. The molecule has 0 aliphatic carbocycles. The highest BCUT2D eigenvalue weighted by Gasteiger charge is 2.02. The molecule has 17 heavy (non-hydrogen) atoms. The fourth-order valence-electron chi connectivity index (χ4n) is 1.42. The average molecular weight is 233 g/mol. The van der Waals surface area contributed by atoms with E-state index < -0.39 is 0 Å². The van der Waals surface area contributed by atoms with Gasteiger partial charge in [-0.1, -0.05) is 0 Å². The third-order valence-corrected chi connectivity index (χ3v) is 2.13. The lowest BCUT2D eigenvalue weighted by Gasteiger charge is -2.07. The molecule has 2 aromatic heterocycles. The van der Waals surface area contributed by atoms with Crippen LogP contribution in [0.2, 0.25) is 0 Å². The number of nitrogens with zero attached hydrogens (tertiary/aromatic N) is 3. The van der Waals surface area contributed by atoms with Crippen molar-refractivity contribution in [1.29, 1.82) is 0 Å². The largest absolute Gasteiger partial charge is 0.478 e. The number of aromatic nitrogens is 4. The SMILES string of the molecule is CCOc1cc(NCc2ccn[nH]2)nc(C)n1. The van der Waals surface area contributed by atoms with Gasteiger partial charge in [-0.05, 0) is 19.9 Å². The highest BCUT2D eigenvalue weighted by molar-refractivity contribution is 5.38. The second-order valence-corrected chi connectivity index (χ2v) is 3.51. The Morgan fingerprint density at radius 3 is 3.00 bits per heavy atom. The third-order valence-electron chi connectivity index (χ3n) is 2.13. The van der Waals surface area contributed by atoms with Gasteiger partial charge in [-0.2, -0.15) is 10.1 Å². The zero-order valence-electron chi connectivity index (χ0n) is 9.90. The molecule has 0 saturated carbocycles. The predicted molar refractivity (Wildman–Crippen MR) is 63.9 cm³/mol. The Labute approximate surface area is 99.4 Å². The Kier molecular flexibility index (Phi) is 3.54. The summed E-state index contributed by atoms with van der Waals surface area (Å²) in [5, 5.41) is 9.94. The fraction of sp³-hybridized carbons (Fsp3) is 0.364. The number of aryl methyl sites for hydroxylation is 1. The number of ether oxygens (including phenoxy) is 1. The van der Waals surface area contributed by atoms with Crippen molar-refractivity contribution in [2.45, 2.75) is 20.4 Å². The van der Waals surface area contributed by atoms with Crippen LogP contribution in [0.4, 0.5) is 5.82 Å². The second kappa shape index (κ2) is 5.29. The molecule has 2 heterocycles. The topological polar surface area (TPSA) is 75.7 Å². The third kappa shape index (κ3) is 3.17. The van der Waals surface area contributed by atoms with Crippen LogP contribution in [-0.2, 0) is 6.54 Å². The molecule has 0 aromatic carbocycles. The molecule has 6 heteroatoms. The van der Waals surface area contributed by atoms with E-state index in [4.69, 9.17) is 4.74 Å². The van der Waals surface area contributed by atoms with Gasteiger partial charge in [0.15, 0.2) is 0 Å². The Hall–Kier alpha value is -2.11. The summed E-state index contributed by atoms with van der Waals surface area (Å²) < 4.78 is 5.35. The van der Waals surface area contributed by atoms with Gasteiger partial charge in [0, 0.05) is 12.3 Å². The van der Waals surface area contributed by atoms with Crippen molar-refractivity contribution in [2.75, 3.05) is 11.9 Å². The van der Waals surface area contributed by atoms with E-state index in [1.54, 1.807) is 12.3 Å². The van der Waals surface area contributed by atoms with E-state index in [2.05, 4.69) is 25.5 Å². The number of hydrogen-bond donors (Lipinski definition) is 2. The molecule has 0 atom stereocenters. The number of rotatable bonds is 5.